The van der Waals surface area contributed by atoms with Crippen LogP contribution in [0.1, 0.15) is 22.5 Å². The van der Waals surface area contributed by atoms with Gasteiger partial charge in [-0.05, 0) is 42.0 Å². The van der Waals surface area contributed by atoms with Gasteiger partial charge in [-0.15, -0.1) is 0 Å². The van der Waals surface area contributed by atoms with Crippen molar-refractivity contribution in [1.82, 2.24) is 14.5 Å². The molecule has 8 heteroatoms. The number of halogens is 1. The minimum absolute atomic E-state index is 0.000849. The Balaban J connectivity index is 1.34. The first-order chi connectivity index (χ1) is 18.6. The van der Waals surface area contributed by atoms with E-state index in [1.807, 2.05) is 54.6 Å². The maximum atomic E-state index is 14.2. The van der Waals surface area contributed by atoms with Crippen LogP contribution in [0.15, 0.2) is 78.9 Å². The molecule has 2 heterocycles. The van der Waals surface area contributed by atoms with Gasteiger partial charge in [-0.1, -0.05) is 36.4 Å². The van der Waals surface area contributed by atoms with Crippen LogP contribution >= 0.6 is 0 Å². The zero-order chi connectivity index (χ0) is 26.5. The van der Waals surface area contributed by atoms with E-state index in [2.05, 4.69) is 15.6 Å². The van der Waals surface area contributed by atoms with Crippen molar-refractivity contribution < 1.29 is 13.9 Å². The molecule has 0 aliphatic heterocycles. The second kappa shape index (κ2) is 11.1. The lowest BCUT2D eigenvalue weighted by molar-refractivity contribution is 0.187. The second-order valence-corrected chi connectivity index (χ2v) is 8.82. The van der Waals surface area contributed by atoms with Crippen LogP contribution in [0.2, 0.25) is 0 Å². The molecule has 190 valence electrons. The lowest BCUT2D eigenvalue weighted by Crippen LogP contribution is -2.09. The average molecular weight is 508 g/mol. The first-order valence-corrected chi connectivity index (χ1v) is 12.2. The highest BCUT2D eigenvalue weighted by Gasteiger charge is 2.14. The topological polar surface area (TPSA) is 99.0 Å². The van der Waals surface area contributed by atoms with Gasteiger partial charge in [0, 0.05) is 43.0 Å². The molecule has 0 fully saturated rings. The lowest BCUT2D eigenvalue weighted by atomic mass is 10.0. The fraction of sp³-hybridized carbons (Fsp3) is 0.167. The summed E-state index contributed by atoms with van der Waals surface area (Å²) in [6.45, 7) is 1.29. The minimum Gasteiger partial charge on any atom is -0.473 e. The van der Waals surface area contributed by atoms with E-state index in [0.29, 0.717) is 42.4 Å². The van der Waals surface area contributed by atoms with Crippen LogP contribution in [0, 0.1) is 17.1 Å². The number of imidazole rings is 1. The molecule has 38 heavy (non-hydrogen) atoms. The van der Waals surface area contributed by atoms with Gasteiger partial charge >= 0.3 is 0 Å². The third-order valence-electron chi connectivity index (χ3n) is 6.32. The van der Waals surface area contributed by atoms with Crippen LogP contribution in [-0.4, -0.2) is 28.3 Å². The van der Waals surface area contributed by atoms with Crippen LogP contribution < -0.4 is 10.5 Å². The normalized spacial score (nSPS) is 11.0. The van der Waals surface area contributed by atoms with Crippen molar-refractivity contribution in [2.75, 3.05) is 19.5 Å². The van der Waals surface area contributed by atoms with Gasteiger partial charge in [0.1, 0.15) is 18.2 Å². The SMILES string of the molecule is COCCn1c(Cc2ccc(-c3cccc(OCc4ccc(C#N)cc4F)n3)cc2N)nc2ccccc21. The Morgan fingerprint density at radius 2 is 1.82 bits per heavy atom. The number of rotatable bonds is 9. The highest BCUT2D eigenvalue weighted by atomic mass is 19.1. The van der Waals surface area contributed by atoms with Crippen molar-refractivity contribution in [3.05, 3.63) is 107 Å². The summed E-state index contributed by atoms with van der Waals surface area (Å²) in [4.78, 5) is 9.41. The Hall–Kier alpha value is -4.74. The van der Waals surface area contributed by atoms with Crippen molar-refractivity contribution in [3.63, 3.8) is 0 Å². The van der Waals surface area contributed by atoms with Gasteiger partial charge in [0.25, 0.3) is 0 Å². The molecule has 0 saturated heterocycles. The number of nitrogens with zero attached hydrogens (tertiary/aromatic N) is 4. The number of para-hydroxylation sites is 2. The first-order valence-electron chi connectivity index (χ1n) is 12.2. The predicted molar refractivity (Wildman–Crippen MR) is 144 cm³/mol. The number of methoxy groups -OCH3 is 1. The van der Waals surface area contributed by atoms with E-state index in [4.69, 9.17) is 25.5 Å². The molecular formula is C30H26FN5O2. The van der Waals surface area contributed by atoms with Crippen LogP contribution in [-0.2, 0) is 24.3 Å². The summed E-state index contributed by atoms with van der Waals surface area (Å²) < 4.78 is 27.4. The van der Waals surface area contributed by atoms with Crippen LogP contribution in [0.4, 0.5) is 10.1 Å². The first kappa shape index (κ1) is 24.9. The molecule has 0 amide bonds. The second-order valence-electron chi connectivity index (χ2n) is 8.82. The van der Waals surface area contributed by atoms with Gasteiger partial charge in [-0.2, -0.15) is 5.26 Å². The molecule has 0 spiro atoms. The number of anilines is 1. The van der Waals surface area contributed by atoms with Crippen molar-refractivity contribution in [1.29, 1.82) is 5.26 Å². The smallest absolute Gasteiger partial charge is 0.214 e. The van der Waals surface area contributed by atoms with Gasteiger partial charge in [0.2, 0.25) is 5.88 Å². The summed E-state index contributed by atoms with van der Waals surface area (Å²) >= 11 is 0. The van der Waals surface area contributed by atoms with E-state index in [1.54, 1.807) is 25.3 Å². The monoisotopic (exact) mass is 507 g/mol. The van der Waals surface area contributed by atoms with Gasteiger partial charge in [0.15, 0.2) is 0 Å². The summed E-state index contributed by atoms with van der Waals surface area (Å²) in [5, 5.41) is 8.91. The molecular weight excluding hydrogens is 481 g/mol. The number of benzene rings is 3. The van der Waals surface area contributed by atoms with Gasteiger partial charge in [-0.3, -0.25) is 0 Å². The lowest BCUT2D eigenvalue weighted by Gasteiger charge is -2.12. The van der Waals surface area contributed by atoms with Crippen molar-refractivity contribution in [2.45, 2.75) is 19.6 Å². The van der Waals surface area contributed by atoms with E-state index < -0.39 is 5.82 Å². The van der Waals surface area contributed by atoms with Crippen LogP contribution in [0.3, 0.4) is 0 Å². The van der Waals surface area contributed by atoms with E-state index >= 15 is 0 Å². The fourth-order valence-corrected chi connectivity index (χ4v) is 4.32. The number of fused-ring (bicyclic) bond motifs is 1. The number of hydrogen-bond donors (Lipinski definition) is 1. The average Bonchev–Trinajstić information content (AvgIpc) is 3.29. The number of nitriles is 1. The molecule has 0 radical (unpaired) electrons. The Kier molecular flexibility index (Phi) is 7.29. The summed E-state index contributed by atoms with van der Waals surface area (Å²) in [7, 11) is 1.69. The van der Waals surface area contributed by atoms with Crippen molar-refractivity contribution in [2.24, 2.45) is 0 Å². The Bertz CT molecular complexity index is 1640. The van der Waals surface area contributed by atoms with Crippen LogP contribution in [0.5, 0.6) is 5.88 Å². The molecule has 0 atom stereocenters. The predicted octanol–water partition coefficient (Wildman–Crippen LogP) is 5.51. The number of pyridine rings is 1. The van der Waals surface area contributed by atoms with Crippen molar-refractivity contribution >= 4 is 16.7 Å². The zero-order valence-electron chi connectivity index (χ0n) is 20.9. The molecule has 0 unspecified atom stereocenters. The molecule has 7 nitrogen and oxygen atoms in total. The molecule has 0 saturated carbocycles. The third kappa shape index (κ3) is 5.33. The highest BCUT2D eigenvalue weighted by Crippen LogP contribution is 2.27. The maximum Gasteiger partial charge on any atom is 0.214 e. The molecule has 5 aromatic rings. The van der Waals surface area contributed by atoms with E-state index in [0.717, 1.165) is 28.0 Å². The molecule has 5 rings (SSSR count). The Morgan fingerprint density at radius 3 is 2.61 bits per heavy atom. The van der Waals surface area contributed by atoms with Gasteiger partial charge < -0.3 is 19.8 Å². The summed E-state index contributed by atoms with van der Waals surface area (Å²) in [6.07, 6.45) is 0.581. The number of aromatic nitrogens is 3. The molecule has 0 aliphatic carbocycles. The maximum absolute atomic E-state index is 14.2. The molecule has 3 aromatic carbocycles. The van der Waals surface area contributed by atoms with Crippen molar-refractivity contribution in [3.8, 4) is 23.2 Å². The molecule has 0 bridgehead atoms. The number of ether oxygens (including phenoxy) is 2. The zero-order valence-corrected chi connectivity index (χ0v) is 20.9. The summed E-state index contributed by atoms with van der Waals surface area (Å²) in [6, 6.07) is 25.5. The van der Waals surface area contributed by atoms with Gasteiger partial charge in [0.05, 0.1) is 35.0 Å². The quantitative estimate of drug-likeness (QED) is 0.264. The largest absolute Gasteiger partial charge is 0.473 e. The minimum atomic E-state index is -0.487. The number of hydrogen-bond acceptors (Lipinski definition) is 6. The number of nitrogens with two attached hydrogens (primary N) is 1. The molecule has 2 aromatic heterocycles. The fourth-order valence-electron chi connectivity index (χ4n) is 4.32. The van der Waals surface area contributed by atoms with Crippen LogP contribution in [0.25, 0.3) is 22.3 Å². The summed E-state index contributed by atoms with van der Waals surface area (Å²) in [5.74, 6) is 0.798. The molecule has 2 N–H and O–H groups in total. The van der Waals surface area contributed by atoms with E-state index in [1.165, 1.54) is 6.07 Å². The standard InChI is InChI=1S/C30H26FN5O2/c1-37-14-13-36-28-7-3-2-5-27(28)34-29(36)17-21-11-12-22(16-25(21)33)26-6-4-8-30(35-26)38-19-23-10-9-20(18-32)15-24(23)31/h2-12,15-16H,13-14,17,19,33H2,1H3. The van der Waals surface area contributed by atoms with E-state index in [-0.39, 0.29) is 12.2 Å². The highest BCUT2D eigenvalue weighted by molar-refractivity contribution is 5.76. The van der Waals surface area contributed by atoms with Gasteiger partial charge in [-0.25, -0.2) is 14.4 Å². The third-order valence-corrected chi connectivity index (χ3v) is 6.32. The molecule has 0 aliphatic rings. The Morgan fingerprint density at radius 1 is 0.974 bits per heavy atom. The Labute approximate surface area is 219 Å². The summed E-state index contributed by atoms with van der Waals surface area (Å²) in [5.41, 5.74) is 12.2. The van der Waals surface area contributed by atoms with E-state index in [9.17, 15) is 4.39 Å². The number of nitrogen functional groups attached to an aromatic ring is 1.